The van der Waals surface area contributed by atoms with Crippen molar-refractivity contribution in [2.45, 2.75) is 37.1 Å². The average molecular weight is 546 g/mol. The van der Waals surface area contributed by atoms with Gasteiger partial charge in [-0.15, -0.1) is 0 Å². The molecule has 4 N–H and O–H groups in total. The van der Waals surface area contributed by atoms with Gasteiger partial charge in [0.15, 0.2) is 0 Å². The van der Waals surface area contributed by atoms with Crippen molar-refractivity contribution < 1.29 is 58.1 Å². The highest BCUT2D eigenvalue weighted by molar-refractivity contribution is 5.90. The van der Waals surface area contributed by atoms with Gasteiger partial charge in [0.2, 0.25) is 11.7 Å². The number of hydrogen-bond acceptors (Lipinski definition) is 12. The molecule has 0 aliphatic carbocycles. The lowest BCUT2D eigenvalue weighted by atomic mass is 9.99. The van der Waals surface area contributed by atoms with E-state index < -0.39 is 55.7 Å². The predicted octanol–water partition coefficient (Wildman–Crippen LogP) is 0.681. The molecule has 0 saturated carbocycles. The summed E-state index contributed by atoms with van der Waals surface area (Å²) < 4.78 is 32.2. The van der Waals surface area contributed by atoms with E-state index in [4.69, 9.17) is 33.2 Å². The summed E-state index contributed by atoms with van der Waals surface area (Å²) in [5.74, 6) is -1.76. The van der Waals surface area contributed by atoms with Crippen LogP contribution in [-0.2, 0) is 19.1 Å². The molecule has 1 fully saturated rings. The molecule has 13 heteroatoms. The van der Waals surface area contributed by atoms with Gasteiger partial charge >= 0.3 is 11.9 Å². The van der Waals surface area contributed by atoms with Crippen LogP contribution in [-0.4, -0.2) is 83.9 Å². The Labute approximate surface area is 220 Å². The van der Waals surface area contributed by atoms with Gasteiger partial charge in [-0.2, -0.15) is 0 Å². The third-order valence-corrected chi connectivity index (χ3v) is 6.06. The maximum atomic E-state index is 13.3. The molecular weight excluding hydrogens is 520 g/mol. The molecule has 1 aliphatic rings. The van der Waals surface area contributed by atoms with Gasteiger partial charge in [-0.25, -0.2) is 0 Å². The van der Waals surface area contributed by atoms with E-state index >= 15 is 0 Å². The van der Waals surface area contributed by atoms with Crippen LogP contribution in [0.5, 0.6) is 17.2 Å². The van der Waals surface area contributed by atoms with Gasteiger partial charge in [0.05, 0.1) is 19.8 Å². The lowest BCUT2D eigenvalue weighted by Gasteiger charge is -2.39. The largest absolute Gasteiger partial charge is 0.497 e. The molecule has 208 valence electrons. The Morgan fingerprint density at radius 3 is 2.31 bits per heavy atom. The van der Waals surface area contributed by atoms with Crippen molar-refractivity contribution in [1.29, 1.82) is 0 Å². The van der Waals surface area contributed by atoms with E-state index in [1.807, 2.05) is 0 Å². The van der Waals surface area contributed by atoms with Crippen molar-refractivity contribution >= 4 is 22.9 Å². The van der Waals surface area contributed by atoms with Gasteiger partial charge in [-0.05, 0) is 17.7 Å². The Bertz CT molecular complexity index is 1400. The lowest BCUT2D eigenvalue weighted by Crippen LogP contribution is -2.60. The fraction of sp³-hybridized carbons (Fsp3) is 0.346. The second-order valence-electron chi connectivity index (χ2n) is 8.59. The number of carboxylic acid groups (broad SMARTS) is 1. The monoisotopic (exact) mass is 546 g/mol. The number of aliphatic carboxylic acids is 1. The topological polar surface area (TPSA) is 191 Å². The fourth-order valence-electron chi connectivity index (χ4n) is 4.03. The van der Waals surface area contributed by atoms with Crippen molar-refractivity contribution in [3.8, 4) is 28.4 Å². The van der Waals surface area contributed by atoms with Gasteiger partial charge in [-0.3, -0.25) is 14.4 Å². The first-order chi connectivity index (χ1) is 18.6. The van der Waals surface area contributed by atoms with Crippen LogP contribution in [0.2, 0.25) is 0 Å². The Morgan fingerprint density at radius 2 is 1.67 bits per heavy atom. The highest BCUT2D eigenvalue weighted by atomic mass is 16.7. The molecule has 2 heterocycles. The first kappa shape index (κ1) is 27.9. The van der Waals surface area contributed by atoms with E-state index in [1.165, 1.54) is 32.6 Å². The van der Waals surface area contributed by atoms with Crippen molar-refractivity contribution in [3.63, 3.8) is 0 Å². The van der Waals surface area contributed by atoms with Crippen molar-refractivity contribution in [2.75, 3.05) is 20.8 Å². The van der Waals surface area contributed by atoms with Crippen LogP contribution < -0.4 is 19.6 Å². The molecule has 1 aliphatic heterocycles. The number of fused-ring (bicyclic) bond motifs is 1. The fourth-order valence-corrected chi connectivity index (χ4v) is 4.03. The minimum absolute atomic E-state index is 0.0222. The lowest BCUT2D eigenvalue weighted by molar-refractivity contribution is -0.278. The van der Waals surface area contributed by atoms with E-state index in [1.54, 1.807) is 24.3 Å². The minimum atomic E-state index is -1.75. The number of carbonyl (C=O) groups excluding carboxylic acids is 1. The second-order valence-corrected chi connectivity index (χ2v) is 8.59. The van der Waals surface area contributed by atoms with E-state index in [0.29, 0.717) is 11.3 Å². The molecule has 4 rings (SSSR count). The van der Waals surface area contributed by atoms with E-state index in [2.05, 4.69) is 0 Å². The summed E-state index contributed by atoms with van der Waals surface area (Å²) in [5, 5.41) is 39.7. The van der Waals surface area contributed by atoms with Gasteiger partial charge < -0.3 is 48.5 Å². The number of rotatable bonds is 9. The average Bonchev–Trinajstić information content (AvgIpc) is 2.92. The normalized spacial score (nSPS) is 22.7. The summed E-state index contributed by atoms with van der Waals surface area (Å²) >= 11 is 0. The van der Waals surface area contributed by atoms with Gasteiger partial charge in [0, 0.05) is 12.1 Å². The van der Waals surface area contributed by atoms with Gasteiger partial charge in [-0.1, -0.05) is 12.1 Å². The van der Waals surface area contributed by atoms with Crippen LogP contribution in [0.25, 0.3) is 22.1 Å². The zero-order valence-corrected chi connectivity index (χ0v) is 20.8. The molecule has 0 spiro atoms. The predicted molar refractivity (Wildman–Crippen MR) is 132 cm³/mol. The Balaban J connectivity index is 1.59. The molecule has 5 atom stereocenters. The Morgan fingerprint density at radius 1 is 0.949 bits per heavy atom. The Kier molecular flexibility index (Phi) is 8.35. The maximum Gasteiger partial charge on any atom is 0.317 e. The van der Waals surface area contributed by atoms with E-state index in [0.717, 1.165) is 0 Å². The number of ether oxygens (including phenoxy) is 5. The van der Waals surface area contributed by atoms with Crippen molar-refractivity contribution in [1.82, 2.24) is 0 Å². The number of esters is 1. The van der Waals surface area contributed by atoms with Crippen molar-refractivity contribution in [3.05, 3.63) is 52.9 Å². The molecule has 2 aromatic carbocycles. The third kappa shape index (κ3) is 5.96. The first-order valence-electron chi connectivity index (χ1n) is 11.6. The van der Waals surface area contributed by atoms with Crippen LogP contribution in [0.4, 0.5) is 0 Å². The standard InChI is InChI=1S/C26H26O13/c1-34-13-5-3-12(4-6-13)15-10-36-17-8-14(7-16(35-2)21(17)22(15)30)38-26-25(33)24(32)23(31)18(39-26)11-37-20(29)9-19(27)28/h3-8,10,18,23-26,31-33H,9,11H2,1-2H3,(H,27,28)/t18-,23-,24+,25-,26-/m1/s1. The Hall–Kier alpha value is -4.17. The molecular formula is C26H26O13. The summed E-state index contributed by atoms with van der Waals surface area (Å²) in [4.78, 5) is 35.5. The molecule has 13 nitrogen and oxygen atoms in total. The van der Waals surface area contributed by atoms with Crippen LogP contribution in [0.1, 0.15) is 6.42 Å². The number of carboxylic acids is 1. The third-order valence-electron chi connectivity index (χ3n) is 6.06. The number of carbonyl (C=O) groups is 2. The summed E-state index contributed by atoms with van der Waals surface area (Å²) in [6, 6.07) is 9.52. The minimum Gasteiger partial charge on any atom is -0.497 e. The van der Waals surface area contributed by atoms with Crippen LogP contribution >= 0.6 is 0 Å². The van der Waals surface area contributed by atoms with Gasteiger partial charge in [0.1, 0.15) is 71.9 Å². The number of aliphatic hydroxyl groups excluding tert-OH is 3. The molecule has 0 unspecified atom stereocenters. The second kappa shape index (κ2) is 11.7. The van der Waals surface area contributed by atoms with E-state index in [9.17, 15) is 29.7 Å². The number of aliphatic hydroxyl groups is 3. The summed E-state index contributed by atoms with van der Waals surface area (Å²) in [5.41, 5.74) is 0.591. The zero-order valence-electron chi connectivity index (χ0n) is 20.8. The molecule has 3 aromatic rings. The highest BCUT2D eigenvalue weighted by Crippen LogP contribution is 2.33. The molecule has 0 bridgehead atoms. The summed E-state index contributed by atoms with van der Waals surface area (Å²) in [6.45, 7) is -0.610. The zero-order chi connectivity index (χ0) is 28.3. The van der Waals surface area contributed by atoms with E-state index in [-0.39, 0.29) is 33.5 Å². The molecule has 0 radical (unpaired) electrons. The molecule has 1 aromatic heterocycles. The highest BCUT2D eigenvalue weighted by Gasteiger charge is 2.45. The number of hydrogen-bond donors (Lipinski definition) is 4. The van der Waals surface area contributed by atoms with Crippen LogP contribution in [0.15, 0.2) is 51.9 Å². The molecule has 1 saturated heterocycles. The smallest absolute Gasteiger partial charge is 0.317 e. The maximum absolute atomic E-state index is 13.3. The van der Waals surface area contributed by atoms with Crippen LogP contribution in [0.3, 0.4) is 0 Å². The number of methoxy groups -OCH3 is 2. The van der Waals surface area contributed by atoms with Crippen molar-refractivity contribution in [2.24, 2.45) is 0 Å². The SMILES string of the molecule is COc1ccc(-c2coc3cc(O[C@@H]4O[C@H](COC(=O)CC(=O)O)[C@@H](O)[C@H](O)[C@H]4O)cc(OC)c3c2=O)cc1. The summed E-state index contributed by atoms with van der Waals surface area (Å²) in [6.07, 6.45) is -7.67. The number of benzene rings is 2. The quantitative estimate of drug-likeness (QED) is 0.217. The van der Waals surface area contributed by atoms with Crippen LogP contribution in [0, 0.1) is 0 Å². The van der Waals surface area contributed by atoms with Gasteiger partial charge in [0.25, 0.3) is 0 Å². The molecule has 0 amide bonds. The summed E-state index contributed by atoms with van der Waals surface area (Å²) in [7, 11) is 2.87. The molecule has 39 heavy (non-hydrogen) atoms. The first-order valence-corrected chi connectivity index (χ1v) is 11.6.